The van der Waals surface area contributed by atoms with E-state index in [1.165, 1.54) is 0 Å². The number of fused-ring (bicyclic) bond motifs is 3. The van der Waals surface area contributed by atoms with E-state index in [-0.39, 0.29) is 25.1 Å². The molecule has 2 aliphatic heterocycles. The number of hydrogen-bond donors (Lipinski definition) is 0. The number of benzene rings is 2. The van der Waals surface area contributed by atoms with Gasteiger partial charge >= 0.3 is 0 Å². The van der Waals surface area contributed by atoms with Gasteiger partial charge in [-0.3, -0.25) is 4.79 Å². The second-order valence-electron chi connectivity index (χ2n) is 5.18. The molecule has 5 nitrogen and oxygen atoms in total. The van der Waals surface area contributed by atoms with Gasteiger partial charge in [-0.2, -0.15) is 0 Å². The SMILES string of the molecule is COc1ccc(C2COc3c(ccc4c3OCO4)C2=O)cc1. The van der Waals surface area contributed by atoms with Gasteiger partial charge in [-0.15, -0.1) is 0 Å². The molecule has 2 heterocycles. The molecule has 1 atom stereocenters. The minimum absolute atomic E-state index is 0.0321. The van der Waals surface area contributed by atoms with Crippen LogP contribution in [0.5, 0.6) is 23.0 Å². The van der Waals surface area contributed by atoms with Crippen molar-refractivity contribution in [3.05, 3.63) is 47.5 Å². The first-order chi connectivity index (χ1) is 10.8. The summed E-state index contributed by atoms with van der Waals surface area (Å²) in [7, 11) is 1.61. The van der Waals surface area contributed by atoms with Crippen molar-refractivity contribution in [2.45, 2.75) is 5.92 Å². The standard InChI is InChI=1S/C17H14O5/c1-19-11-4-2-10(3-5-11)13-8-20-16-12(15(13)18)6-7-14-17(16)22-9-21-14/h2-7,13H,8-9H2,1H3. The predicted molar refractivity (Wildman–Crippen MR) is 78.1 cm³/mol. The average molecular weight is 298 g/mol. The summed E-state index contributed by atoms with van der Waals surface area (Å²) in [6.45, 7) is 0.448. The Balaban J connectivity index is 1.70. The van der Waals surface area contributed by atoms with Crippen LogP contribution >= 0.6 is 0 Å². The molecule has 0 aliphatic carbocycles. The van der Waals surface area contributed by atoms with Gasteiger partial charge in [-0.1, -0.05) is 12.1 Å². The molecule has 2 aromatic carbocycles. The molecule has 0 saturated carbocycles. The number of ether oxygens (including phenoxy) is 4. The van der Waals surface area contributed by atoms with Crippen LogP contribution in [0.3, 0.4) is 0 Å². The number of hydrogen-bond acceptors (Lipinski definition) is 5. The Labute approximate surface area is 127 Å². The van der Waals surface area contributed by atoms with Crippen molar-refractivity contribution in [3.63, 3.8) is 0 Å². The number of carbonyl (C=O) groups is 1. The third-order valence-electron chi connectivity index (χ3n) is 3.99. The summed E-state index contributed by atoms with van der Waals surface area (Å²) in [6, 6.07) is 11.0. The van der Waals surface area contributed by atoms with Crippen LogP contribution in [0.15, 0.2) is 36.4 Å². The highest BCUT2D eigenvalue weighted by molar-refractivity contribution is 6.05. The van der Waals surface area contributed by atoms with Crippen molar-refractivity contribution in [1.82, 2.24) is 0 Å². The maximum Gasteiger partial charge on any atom is 0.231 e. The van der Waals surface area contributed by atoms with Gasteiger partial charge in [0.1, 0.15) is 12.4 Å². The largest absolute Gasteiger partial charge is 0.497 e. The molecule has 2 aromatic rings. The van der Waals surface area contributed by atoms with Gasteiger partial charge in [0.2, 0.25) is 12.5 Å². The summed E-state index contributed by atoms with van der Waals surface area (Å²) in [5.74, 6) is 2.11. The summed E-state index contributed by atoms with van der Waals surface area (Å²) >= 11 is 0. The van der Waals surface area contributed by atoms with E-state index < -0.39 is 0 Å². The first-order valence-electron chi connectivity index (χ1n) is 7.01. The first kappa shape index (κ1) is 13.0. The molecule has 0 radical (unpaired) electrons. The molecule has 22 heavy (non-hydrogen) atoms. The molecule has 5 heteroatoms. The topological polar surface area (TPSA) is 54.0 Å². The zero-order chi connectivity index (χ0) is 15.1. The van der Waals surface area contributed by atoms with Gasteiger partial charge in [0.25, 0.3) is 0 Å². The van der Waals surface area contributed by atoms with Crippen molar-refractivity contribution < 1.29 is 23.7 Å². The van der Waals surface area contributed by atoms with Gasteiger partial charge in [0.15, 0.2) is 17.3 Å². The van der Waals surface area contributed by atoms with Gasteiger partial charge in [-0.25, -0.2) is 0 Å². The normalized spacial score (nSPS) is 18.6. The van der Waals surface area contributed by atoms with Gasteiger partial charge in [0.05, 0.1) is 18.6 Å². The van der Waals surface area contributed by atoms with E-state index in [0.717, 1.165) is 11.3 Å². The lowest BCUT2D eigenvalue weighted by atomic mass is 9.89. The second kappa shape index (κ2) is 4.94. The number of methoxy groups -OCH3 is 1. The molecule has 112 valence electrons. The van der Waals surface area contributed by atoms with Gasteiger partial charge in [0, 0.05) is 0 Å². The van der Waals surface area contributed by atoms with E-state index in [1.54, 1.807) is 19.2 Å². The highest BCUT2D eigenvalue weighted by atomic mass is 16.7. The van der Waals surface area contributed by atoms with Gasteiger partial charge < -0.3 is 18.9 Å². The van der Waals surface area contributed by atoms with Gasteiger partial charge in [-0.05, 0) is 29.8 Å². The highest BCUT2D eigenvalue weighted by Gasteiger charge is 2.34. The van der Waals surface area contributed by atoms with E-state index in [4.69, 9.17) is 18.9 Å². The summed E-state index contributed by atoms with van der Waals surface area (Å²) in [6.07, 6.45) is 0. The molecule has 2 aliphatic rings. The predicted octanol–water partition coefficient (Wildman–Crippen LogP) is 2.78. The highest BCUT2D eigenvalue weighted by Crippen LogP contribution is 2.46. The molecule has 0 aromatic heterocycles. The molecular weight excluding hydrogens is 284 g/mol. The summed E-state index contributed by atoms with van der Waals surface area (Å²) in [4.78, 5) is 12.8. The van der Waals surface area contributed by atoms with E-state index in [2.05, 4.69) is 0 Å². The lowest BCUT2D eigenvalue weighted by molar-refractivity contribution is 0.0890. The molecular formula is C17H14O5. The molecule has 0 fully saturated rings. The van der Waals surface area contributed by atoms with Crippen LogP contribution in [0.25, 0.3) is 0 Å². The zero-order valence-corrected chi connectivity index (χ0v) is 12.0. The number of carbonyl (C=O) groups excluding carboxylic acids is 1. The van der Waals surface area contributed by atoms with Crippen molar-refractivity contribution >= 4 is 5.78 Å². The Morgan fingerprint density at radius 3 is 2.59 bits per heavy atom. The molecule has 1 unspecified atom stereocenters. The number of ketones is 1. The minimum Gasteiger partial charge on any atom is -0.497 e. The monoisotopic (exact) mass is 298 g/mol. The number of Topliss-reactive ketones (excluding diaryl/α,β-unsaturated/α-hetero) is 1. The summed E-state index contributed by atoms with van der Waals surface area (Å²) in [5.41, 5.74) is 1.45. The third kappa shape index (κ3) is 1.89. The van der Waals surface area contributed by atoms with Crippen LogP contribution < -0.4 is 18.9 Å². The minimum atomic E-state index is -0.321. The Bertz CT molecular complexity index is 735. The van der Waals surface area contributed by atoms with E-state index >= 15 is 0 Å². The molecule has 0 spiro atoms. The number of rotatable bonds is 2. The molecule has 4 rings (SSSR count). The summed E-state index contributed by atoms with van der Waals surface area (Å²) in [5, 5.41) is 0. The second-order valence-corrected chi connectivity index (χ2v) is 5.18. The van der Waals surface area contributed by atoms with Crippen molar-refractivity contribution in [3.8, 4) is 23.0 Å². The lowest BCUT2D eigenvalue weighted by Crippen LogP contribution is -2.26. The van der Waals surface area contributed by atoms with E-state index in [0.29, 0.717) is 22.8 Å². The molecule has 0 saturated heterocycles. The lowest BCUT2D eigenvalue weighted by Gasteiger charge is -2.25. The van der Waals surface area contributed by atoms with Crippen LogP contribution in [-0.2, 0) is 0 Å². The fourth-order valence-corrected chi connectivity index (χ4v) is 2.80. The Morgan fingerprint density at radius 2 is 1.82 bits per heavy atom. The molecule has 0 N–H and O–H groups in total. The van der Waals surface area contributed by atoms with Crippen molar-refractivity contribution in [1.29, 1.82) is 0 Å². The fourth-order valence-electron chi connectivity index (χ4n) is 2.80. The van der Waals surface area contributed by atoms with E-state index in [9.17, 15) is 4.79 Å². The van der Waals surface area contributed by atoms with Crippen molar-refractivity contribution in [2.75, 3.05) is 20.5 Å². The zero-order valence-electron chi connectivity index (χ0n) is 12.0. The first-order valence-corrected chi connectivity index (χ1v) is 7.01. The van der Waals surface area contributed by atoms with Crippen molar-refractivity contribution in [2.24, 2.45) is 0 Å². The van der Waals surface area contributed by atoms with E-state index in [1.807, 2.05) is 24.3 Å². The Morgan fingerprint density at radius 1 is 1.00 bits per heavy atom. The van der Waals surface area contributed by atoms with Crippen LogP contribution in [0, 0.1) is 0 Å². The van der Waals surface area contributed by atoms with Crippen LogP contribution in [0.1, 0.15) is 21.8 Å². The van der Waals surface area contributed by atoms with Crippen LogP contribution in [0.4, 0.5) is 0 Å². The maximum atomic E-state index is 12.8. The fraction of sp³-hybridized carbons (Fsp3) is 0.235. The smallest absolute Gasteiger partial charge is 0.231 e. The molecule has 0 amide bonds. The Hall–Kier alpha value is -2.69. The van der Waals surface area contributed by atoms with Crippen LogP contribution in [0.2, 0.25) is 0 Å². The average Bonchev–Trinajstić information content (AvgIpc) is 3.04. The maximum absolute atomic E-state index is 12.8. The third-order valence-corrected chi connectivity index (χ3v) is 3.99. The summed E-state index contributed by atoms with van der Waals surface area (Å²) < 4.78 is 21.7. The van der Waals surface area contributed by atoms with Crippen LogP contribution in [-0.4, -0.2) is 26.3 Å². The quantitative estimate of drug-likeness (QED) is 0.853. The molecule has 0 bridgehead atoms. The Kier molecular flexibility index (Phi) is 2.92.